The molecular weight excluding hydrogens is 359 g/mol. The summed E-state index contributed by atoms with van der Waals surface area (Å²) in [5, 5.41) is 6.40. The van der Waals surface area contributed by atoms with Crippen LogP contribution >= 0.6 is 0 Å². The molecule has 1 fully saturated rings. The van der Waals surface area contributed by atoms with Gasteiger partial charge in [-0.05, 0) is 37.2 Å². The minimum atomic E-state index is -0.887. The van der Waals surface area contributed by atoms with Crippen LogP contribution in [-0.4, -0.2) is 39.7 Å². The van der Waals surface area contributed by atoms with Gasteiger partial charge in [0, 0.05) is 24.5 Å². The van der Waals surface area contributed by atoms with E-state index < -0.39 is 6.17 Å². The number of pyridine rings is 2. The molecule has 2 atom stereocenters. The summed E-state index contributed by atoms with van der Waals surface area (Å²) in [5.74, 6) is 6.13. The Morgan fingerprint density at radius 1 is 1.36 bits per heavy atom. The van der Waals surface area contributed by atoms with Gasteiger partial charge in [0.25, 0.3) is 0 Å². The van der Waals surface area contributed by atoms with Crippen molar-refractivity contribution in [2.24, 2.45) is 11.6 Å². The fraction of sp³-hybridized carbons (Fsp3) is 0.263. The van der Waals surface area contributed by atoms with E-state index in [0.717, 1.165) is 22.6 Å². The van der Waals surface area contributed by atoms with Gasteiger partial charge in [-0.3, -0.25) is 10.2 Å². The number of halogens is 1. The van der Waals surface area contributed by atoms with Crippen LogP contribution in [0.15, 0.2) is 48.9 Å². The van der Waals surface area contributed by atoms with E-state index in [1.165, 1.54) is 6.20 Å². The van der Waals surface area contributed by atoms with Crippen molar-refractivity contribution in [1.82, 2.24) is 25.1 Å². The number of piperidine rings is 1. The molecule has 1 saturated heterocycles. The molecule has 4 heterocycles. The largest absolute Gasteiger partial charge is 0.403 e. The molecule has 0 amide bonds. The molecular formula is C19H23FN8. The second kappa shape index (κ2) is 7.83. The fourth-order valence-corrected chi connectivity index (χ4v) is 3.38. The van der Waals surface area contributed by atoms with Crippen LogP contribution in [0.4, 0.5) is 10.2 Å². The number of nitrogens with two attached hydrogens (primary N) is 2. The number of alkyl halides is 1. The van der Waals surface area contributed by atoms with Gasteiger partial charge in [0.2, 0.25) is 0 Å². The number of imidazole rings is 1. The second-order valence-corrected chi connectivity index (χ2v) is 6.68. The Kier molecular flexibility index (Phi) is 5.09. The third kappa shape index (κ3) is 3.49. The molecule has 8 nitrogen and oxygen atoms in total. The van der Waals surface area contributed by atoms with E-state index in [0.29, 0.717) is 31.0 Å². The smallest absolute Gasteiger partial charge is 0.137 e. The van der Waals surface area contributed by atoms with Gasteiger partial charge < -0.3 is 21.8 Å². The van der Waals surface area contributed by atoms with E-state index in [1.807, 2.05) is 40.9 Å². The maximum absolute atomic E-state index is 14.1. The number of nitrogens with zero attached hydrogens (tertiary/aromatic N) is 3. The first-order valence-electron chi connectivity index (χ1n) is 9.14. The summed E-state index contributed by atoms with van der Waals surface area (Å²) < 4.78 is 16.0. The number of hydrogen-bond acceptors (Lipinski definition) is 7. The number of nitrogens with one attached hydrogen (secondary N) is 3. The Morgan fingerprint density at radius 2 is 2.25 bits per heavy atom. The molecule has 4 rings (SSSR count). The molecule has 0 spiro atoms. The first kappa shape index (κ1) is 18.2. The van der Waals surface area contributed by atoms with Crippen LogP contribution < -0.4 is 27.6 Å². The summed E-state index contributed by atoms with van der Waals surface area (Å²) in [4.78, 5) is 9.11. The number of aromatic nitrogens is 3. The van der Waals surface area contributed by atoms with Crippen molar-refractivity contribution in [3.63, 3.8) is 0 Å². The first-order chi connectivity index (χ1) is 13.7. The third-order valence-corrected chi connectivity index (χ3v) is 4.89. The van der Waals surface area contributed by atoms with Gasteiger partial charge in [-0.2, -0.15) is 0 Å². The number of anilines is 1. The van der Waals surface area contributed by atoms with Crippen LogP contribution in [0.25, 0.3) is 22.7 Å². The maximum Gasteiger partial charge on any atom is 0.137 e. The predicted octanol–water partition coefficient (Wildman–Crippen LogP) is 1.23. The van der Waals surface area contributed by atoms with Crippen molar-refractivity contribution in [2.75, 3.05) is 18.4 Å². The van der Waals surface area contributed by atoms with Crippen LogP contribution in [0.1, 0.15) is 12.0 Å². The zero-order valence-electron chi connectivity index (χ0n) is 15.3. The first-order valence-corrected chi connectivity index (χ1v) is 9.14. The zero-order chi connectivity index (χ0) is 19.5. The molecule has 1 aliphatic heterocycles. The van der Waals surface area contributed by atoms with E-state index >= 15 is 0 Å². The summed E-state index contributed by atoms with van der Waals surface area (Å²) >= 11 is 0. The summed E-state index contributed by atoms with van der Waals surface area (Å²) in [5.41, 5.74) is 11.9. The second-order valence-electron chi connectivity index (χ2n) is 6.68. The van der Waals surface area contributed by atoms with Gasteiger partial charge in [0.15, 0.2) is 0 Å². The van der Waals surface area contributed by atoms with Gasteiger partial charge >= 0.3 is 0 Å². The van der Waals surface area contributed by atoms with Crippen LogP contribution in [0.2, 0.25) is 0 Å². The summed E-state index contributed by atoms with van der Waals surface area (Å²) in [6.45, 7) is 1.29. The third-order valence-electron chi connectivity index (χ3n) is 4.89. The number of hydrogen-bond donors (Lipinski definition) is 5. The SMILES string of the molecule is N/C=C(\NN)c1ccn2c(-c3cccc(N[C@H]4CNCC[C@@H]4F)n3)cnc2c1. The van der Waals surface area contributed by atoms with Gasteiger partial charge in [-0.25, -0.2) is 14.4 Å². The summed E-state index contributed by atoms with van der Waals surface area (Å²) in [6.07, 6.45) is 4.67. The molecule has 3 aromatic rings. The highest BCUT2D eigenvalue weighted by atomic mass is 19.1. The number of rotatable bonds is 5. The topological polar surface area (TPSA) is 118 Å². The molecule has 9 heteroatoms. The normalized spacial score (nSPS) is 20.3. The quantitative estimate of drug-likeness (QED) is 0.333. The standard InChI is InChI=1S/C19H23FN8/c20-13-4-6-23-10-16(13)26-18-3-1-2-14(25-18)17-11-24-19-8-12(5-7-28(17)19)15(9-21)27-22/h1-3,5,7-9,11,13,16,23,27H,4,6,10,21-22H2,(H,25,26)/b15-9-/t13-,16-/m0/s1. The van der Waals surface area contributed by atoms with Gasteiger partial charge in [-0.15, -0.1) is 0 Å². The van der Waals surface area contributed by atoms with Crippen molar-refractivity contribution in [2.45, 2.75) is 18.6 Å². The Morgan fingerprint density at radius 3 is 3.04 bits per heavy atom. The van der Waals surface area contributed by atoms with E-state index in [2.05, 4.69) is 26.0 Å². The van der Waals surface area contributed by atoms with Crippen molar-refractivity contribution in [3.05, 3.63) is 54.5 Å². The lowest BCUT2D eigenvalue weighted by Crippen LogP contribution is -2.46. The minimum absolute atomic E-state index is 0.286. The van der Waals surface area contributed by atoms with Crippen LogP contribution in [-0.2, 0) is 0 Å². The Hall–Kier alpha value is -3.17. The van der Waals surface area contributed by atoms with Crippen molar-refractivity contribution < 1.29 is 4.39 Å². The minimum Gasteiger partial charge on any atom is -0.403 e. The highest BCUT2D eigenvalue weighted by Gasteiger charge is 2.24. The van der Waals surface area contributed by atoms with Gasteiger partial charge in [0.05, 0.1) is 29.3 Å². The molecule has 0 saturated carbocycles. The van der Waals surface area contributed by atoms with Gasteiger partial charge in [0.1, 0.15) is 17.6 Å². The molecule has 0 unspecified atom stereocenters. The van der Waals surface area contributed by atoms with Crippen molar-refractivity contribution in [1.29, 1.82) is 0 Å². The lowest BCUT2D eigenvalue weighted by Gasteiger charge is -2.28. The average Bonchev–Trinajstić information content (AvgIpc) is 3.14. The molecule has 0 bridgehead atoms. The van der Waals surface area contributed by atoms with Crippen LogP contribution in [0, 0.1) is 0 Å². The predicted molar refractivity (Wildman–Crippen MR) is 108 cm³/mol. The fourth-order valence-electron chi connectivity index (χ4n) is 3.38. The lowest BCUT2D eigenvalue weighted by molar-refractivity contribution is 0.241. The molecule has 28 heavy (non-hydrogen) atoms. The van der Waals surface area contributed by atoms with Gasteiger partial charge in [-0.1, -0.05) is 6.07 Å². The molecule has 1 aliphatic rings. The maximum atomic E-state index is 14.1. The zero-order valence-corrected chi connectivity index (χ0v) is 15.3. The monoisotopic (exact) mass is 382 g/mol. The Balaban J connectivity index is 1.63. The lowest BCUT2D eigenvalue weighted by atomic mass is 10.1. The van der Waals surface area contributed by atoms with Crippen LogP contribution in [0.5, 0.6) is 0 Å². The van der Waals surface area contributed by atoms with E-state index in [4.69, 9.17) is 11.6 Å². The average molecular weight is 382 g/mol. The Labute approximate surface area is 161 Å². The molecule has 3 aromatic heterocycles. The molecule has 146 valence electrons. The number of fused-ring (bicyclic) bond motifs is 1. The van der Waals surface area contributed by atoms with Crippen molar-refractivity contribution in [3.8, 4) is 11.4 Å². The van der Waals surface area contributed by atoms with E-state index in [-0.39, 0.29) is 6.04 Å². The van der Waals surface area contributed by atoms with Crippen molar-refractivity contribution >= 4 is 17.2 Å². The Bertz CT molecular complexity index is 999. The molecule has 0 aliphatic carbocycles. The summed E-state index contributed by atoms with van der Waals surface area (Å²) in [7, 11) is 0. The van der Waals surface area contributed by atoms with Crippen LogP contribution in [0.3, 0.4) is 0 Å². The highest BCUT2D eigenvalue weighted by molar-refractivity contribution is 5.69. The highest BCUT2D eigenvalue weighted by Crippen LogP contribution is 2.23. The van der Waals surface area contributed by atoms with E-state index in [9.17, 15) is 4.39 Å². The molecule has 0 radical (unpaired) electrons. The number of hydrazine groups is 1. The molecule has 0 aromatic carbocycles. The summed E-state index contributed by atoms with van der Waals surface area (Å²) in [6, 6.07) is 9.13. The molecule has 7 N–H and O–H groups in total. The van der Waals surface area contributed by atoms with E-state index in [1.54, 1.807) is 6.20 Å².